The molecule has 0 fully saturated rings. The van der Waals surface area contributed by atoms with Crippen LogP contribution < -0.4 is 20.7 Å². The van der Waals surface area contributed by atoms with Crippen LogP contribution in [0.5, 0.6) is 6.01 Å². The molecule has 1 aromatic heterocycles. The van der Waals surface area contributed by atoms with Crippen LogP contribution in [0.3, 0.4) is 0 Å². The molecular formula is C25H27ClF4N6O3. The van der Waals surface area contributed by atoms with Crippen LogP contribution in [0.15, 0.2) is 27.9 Å². The second-order valence-corrected chi connectivity index (χ2v) is 9.41. The largest absolute Gasteiger partial charge is 0.467 e. The number of carbonyl (C=O) groups excluding carboxylic acids is 1. The van der Waals surface area contributed by atoms with E-state index >= 15 is 4.39 Å². The number of nitrogens with one attached hydrogen (secondary N) is 1. The first-order valence-electron chi connectivity index (χ1n) is 12.0. The number of amides is 1. The first kappa shape index (κ1) is 28.6. The zero-order valence-corrected chi connectivity index (χ0v) is 22.2. The molecule has 0 bridgehead atoms. The Bertz CT molecular complexity index is 1350. The molecule has 0 radical (unpaired) electrons. The van der Waals surface area contributed by atoms with Crippen molar-refractivity contribution in [3.05, 3.63) is 56.6 Å². The highest BCUT2D eigenvalue weighted by molar-refractivity contribution is 6.45. The molecule has 1 aromatic carbocycles. The zero-order valence-electron chi connectivity index (χ0n) is 21.5. The topological polar surface area (TPSA) is 115 Å². The van der Waals surface area contributed by atoms with Crippen LogP contribution >= 0.6 is 11.6 Å². The van der Waals surface area contributed by atoms with Crippen molar-refractivity contribution in [2.24, 2.45) is 10.7 Å². The molecule has 2 aliphatic rings. The molecule has 14 heteroatoms. The summed E-state index contributed by atoms with van der Waals surface area (Å²) < 4.78 is 67.5. The van der Waals surface area contributed by atoms with Crippen molar-refractivity contribution in [2.45, 2.75) is 38.7 Å². The van der Waals surface area contributed by atoms with Crippen molar-refractivity contribution < 1.29 is 31.8 Å². The van der Waals surface area contributed by atoms with Crippen LogP contribution in [0.4, 0.5) is 23.4 Å². The smallest absolute Gasteiger partial charge is 0.416 e. The molecule has 4 rings (SSSR count). The zero-order chi connectivity index (χ0) is 28.5. The molecule has 1 atom stereocenters. The summed E-state index contributed by atoms with van der Waals surface area (Å²) in [6.07, 6.45) is -5.52. The van der Waals surface area contributed by atoms with E-state index in [9.17, 15) is 18.0 Å². The number of hydrogen-bond donors (Lipinski definition) is 2. The standard InChI is InChI=1S/C25H27ClF4N6O3/c1-12-5-6-14(25(28,29)30)18(20(12)27)17-9-15-13(11-39-17)22(35-24(34-15)38-3)36-8-4-7-33-16(10-36)19(26)21(31)23(37)32-2/h5-6,17H,4,7-11,31H2,1-3H3,(H,32,37)/b21-19+. The number of fused-ring (bicyclic) bond motifs is 1. The predicted octanol–water partition coefficient (Wildman–Crippen LogP) is 3.57. The molecule has 0 spiro atoms. The number of hydrogen-bond acceptors (Lipinski definition) is 8. The van der Waals surface area contributed by atoms with Crippen molar-refractivity contribution in [3.63, 3.8) is 0 Å². The van der Waals surface area contributed by atoms with Crippen LogP contribution in [-0.4, -0.2) is 55.4 Å². The molecule has 3 N–H and O–H groups in total. The van der Waals surface area contributed by atoms with Gasteiger partial charge in [0.1, 0.15) is 17.3 Å². The number of nitrogens with zero attached hydrogens (tertiary/aromatic N) is 4. The number of aliphatic imine (C=N–C) groups is 1. The maximum absolute atomic E-state index is 15.1. The maximum atomic E-state index is 15.1. The van der Waals surface area contributed by atoms with E-state index in [1.807, 2.05) is 4.90 Å². The Hall–Kier alpha value is -3.45. The first-order valence-corrected chi connectivity index (χ1v) is 12.4. The third kappa shape index (κ3) is 5.78. The monoisotopic (exact) mass is 570 g/mol. The number of halogens is 5. The fraction of sp³-hybridized carbons (Fsp3) is 0.440. The number of benzene rings is 1. The van der Waals surface area contributed by atoms with Crippen molar-refractivity contribution in [1.29, 1.82) is 0 Å². The number of rotatable bonds is 5. The molecule has 210 valence electrons. The summed E-state index contributed by atoms with van der Waals surface area (Å²) in [4.78, 5) is 27.1. The molecule has 1 unspecified atom stereocenters. The lowest BCUT2D eigenvalue weighted by Crippen LogP contribution is -2.34. The maximum Gasteiger partial charge on any atom is 0.416 e. The van der Waals surface area contributed by atoms with Crippen molar-refractivity contribution in [2.75, 3.05) is 38.7 Å². The Labute approximate surface area is 227 Å². The third-order valence-electron chi connectivity index (χ3n) is 6.53. The first-order chi connectivity index (χ1) is 18.5. The van der Waals surface area contributed by atoms with Gasteiger partial charge in [-0.3, -0.25) is 9.79 Å². The number of carbonyl (C=O) groups is 1. The summed E-state index contributed by atoms with van der Waals surface area (Å²) in [6, 6.07) is 1.94. The number of nitrogens with two attached hydrogens (primary N) is 1. The lowest BCUT2D eigenvalue weighted by Gasteiger charge is -2.31. The van der Waals surface area contributed by atoms with Crippen molar-refractivity contribution in [1.82, 2.24) is 15.3 Å². The Morgan fingerprint density at radius 1 is 1.31 bits per heavy atom. The summed E-state index contributed by atoms with van der Waals surface area (Å²) >= 11 is 6.40. The van der Waals surface area contributed by atoms with Gasteiger partial charge in [0, 0.05) is 37.7 Å². The van der Waals surface area contributed by atoms with Gasteiger partial charge >= 0.3 is 12.2 Å². The molecule has 9 nitrogen and oxygen atoms in total. The molecule has 2 aliphatic heterocycles. The van der Waals surface area contributed by atoms with Crippen LogP contribution in [0, 0.1) is 12.7 Å². The summed E-state index contributed by atoms with van der Waals surface area (Å²) in [5.41, 5.74) is 5.39. The molecule has 0 aliphatic carbocycles. The summed E-state index contributed by atoms with van der Waals surface area (Å²) in [7, 11) is 2.79. The molecule has 0 saturated carbocycles. The third-order valence-corrected chi connectivity index (χ3v) is 6.95. The fourth-order valence-corrected chi connectivity index (χ4v) is 4.73. The summed E-state index contributed by atoms with van der Waals surface area (Å²) in [5, 5.41) is 2.41. The molecule has 39 heavy (non-hydrogen) atoms. The number of aryl methyl sites for hydroxylation is 1. The van der Waals surface area contributed by atoms with E-state index < -0.39 is 35.1 Å². The highest BCUT2D eigenvalue weighted by Gasteiger charge is 2.40. The minimum absolute atomic E-state index is 0.00190. The average Bonchev–Trinajstić information content (AvgIpc) is 3.17. The minimum Gasteiger partial charge on any atom is -0.467 e. The second kappa shape index (κ2) is 11.3. The molecule has 0 saturated heterocycles. The lowest BCUT2D eigenvalue weighted by molar-refractivity contribution is -0.140. The summed E-state index contributed by atoms with van der Waals surface area (Å²) in [6.45, 7) is 2.26. The van der Waals surface area contributed by atoms with Crippen LogP contribution in [-0.2, 0) is 28.7 Å². The van der Waals surface area contributed by atoms with Gasteiger partial charge in [-0.05, 0) is 25.0 Å². The van der Waals surface area contributed by atoms with Crippen LogP contribution in [0.2, 0.25) is 0 Å². The second-order valence-electron chi connectivity index (χ2n) is 9.03. The van der Waals surface area contributed by atoms with Crippen molar-refractivity contribution in [3.8, 4) is 6.01 Å². The van der Waals surface area contributed by atoms with E-state index in [0.717, 1.165) is 12.1 Å². The number of methoxy groups -OCH3 is 1. The van der Waals surface area contributed by atoms with E-state index in [0.29, 0.717) is 42.3 Å². The SMILES string of the molecule is CNC(=O)/C(N)=C(\Cl)C1=NCCCN(c2nc(OC)nc3c2COC(c2c(C(F)(F)F)ccc(C)c2F)C3)C1. The number of ether oxygens (including phenoxy) is 2. The van der Waals surface area contributed by atoms with Gasteiger partial charge in [-0.25, -0.2) is 4.39 Å². The number of alkyl halides is 3. The Kier molecular flexibility index (Phi) is 8.31. The van der Waals surface area contributed by atoms with E-state index in [4.69, 9.17) is 26.8 Å². The van der Waals surface area contributed by atoms with E-state index in [2.05, 4.69) is 20.3 Å². The number of anilines is 1. The van der Waals surface area contributed by atoms with E-state index in [-0.39, 0.29) is 41.9 Å². The average molecular weight is 571 g/mol. The molecular weight excluding hydrogens is 544 g/mol. The van der Waals surface area contributed by atoms with Gasteiger partial charge in [0.2, 0.25) is 0 Å². The quantitative estimate of drug-likeness (QED) is 0.417. The van der Waals surface area contributed by atoms with Gasteiger partial charge in [-0.1, -0.05) is 17.7 Å². The van der Waals surface area contributed by atoms with E-state index in [1.54, 1.807) is 0 Å². The van der Waals surface area contributed by atoms with Crippen LogP contribution in [0.1, 0.15) is 40.5 Å². The van der Waals surface area contributed by atoms with Crippen LogP contribution in [0.25, 0.3) is 0 Å². The number of likely N-dealkylation sites (N-methyl/N-ethyl adjacent to an activating group) is 1. The molecule has 3 heterocycles. The Morgan fingerprint density at radius 2 is 2.05 bits per heavy atom. The normalized spacial score (nSPS) is 18.5. The Balaban J connectivity index is 1.73. The summed E-state index contributed by atoms with van der Waals surface area (Å²) in [5.74, 6) is -1.11. The Morgan fingerprint density at radius 3 is 2.72 bits per heavy atom. The molecule has 2 aromatic rings. The predicted molar refractivity (Wildman–Crippen MR) is 136 cm³/mol. The van der Waals surface area contributed by atoms with Gasteiger partial charge in [0.15, 0.2) is 0 Å². The van der Waals surface area contributed by atoms with E-state index in [1.165, 1.54) is 21.1 Å². The van der Waals surface area contributed by atoms with Gasteiger partial charge in [0.25, 0.3) is 5.91 Å². The highest BCUT2D eigenvalue weighted by atomic mass is 35.5. The van der Waals surface area contributed by atoms with Gasteiger partial charge < -0.3 is 25.4 Å². The van der Waals surface area contributed by atoms with Gasteiger partial charge in [-0.15, -0.1) is 0 Å². The van der Waals surface area contributed by atoms with Gasteiger partial charge in [-0.2, -0.15) is 23.1 Å². The minimum atomic E-state index is -4.77. The van der Waals surface area contributed by atoms with Crippen molar-refractivity contribution >= 4 is 29.0 Å². The lowest BCUT2D eigenvalue weighted by atomic mass is 9.93. The molecule has 1 amide bonds. The number of aromatic nitrogens is 2. The highest BCUT2D eigenvalue weighted by Crippen LogP contribution is 2.42. The fourth-order valence-electron chi connectivity index (χ4n) is 4.53. The van der Waals surface area contributed by atoms with Gasteiger partial charge in [0.05, 0.1) is 48.4 Å².